The number of benzene rings is 1. The van der Waals surface area contributed by atoms with Gasteiger partial charge in [0.1, 0.15) is 5.82 Å². The van der Waals surface area contributed by atoms with Gasteiger partial charge < -0.3 is 4.98 Å². The molecule has 0 aliphatic heterocycles. The summed E-state index contributed by atoms with van der Waals surface area (Å²) in [6.45, 7) is 0. The van der Waals surface area contributed by atoms with E-state index in [0.717, 1.165) is 29.4 Å². The van der Waals surface area contributed by atoms with E-state index in [9.17, 15) is 8.42 Å². The minimum Gasteiger partial charge on any atom is -0.338 e. The maximum absolute atomic E-state index is 12.5. The summed E-state index contributed by atoms with van der Waals surface area (Å²) < 4.78 is 27.5. The van der Waals surface area contributed by atoms with E-state index in [1.807, 2.05) is 18.2 Å². The van der Waals surface area contributed by atoms with Gasteiger partial charge in [0.2, 0.25) is 0 Å². The fraction of sp³-hybridized carbons (Fsp3) is 0.111. The van der Waals surface area contributed by atoms with Crippen molar-refractivity contribution in [3.05, 3.63) is 65.9 Å². The zero-order valence-corrected chi connectivity index (χ0v) is 14.1. The van der Waals surface area contributed by atoms with Crippen LogP contribution in [-0.4, -0.2) is 23.4 Å². The Labute approximate surface area is 145 Å². The van der Waals surface area contributed by atoms with Crippen LogP contribution in [0.15, 0.2) is 65.9 Å². The zero-order chi connectivity index (χ0) is 17.3. The van der Waals surface area contributed by atoms with Gasteiger partial charge in [0.05, 0.1) is 21.6 Å². The van der Waals surface area contributed by atoms with Crippen LogP contribution >= 0.6 is 0 Å². The average Bonchev–Trinajstić information content (AvgIpc) is 3.06. The Kier molecular flexibility index (Phi) is 3.85. The number of aromatic nitrogens is 3. The zero-order valence-electron chi connectivity index (χ0n) is 13.3. The number of aromatic amines is 1. The monoisotopic (exact) mass is 352 g/mol. The molecule has 6 nitrogen and oxygen atoms in total. The Morgan fingerprint density at radius 1 is 1.16 bits per heavy atom. The summed E-state index contributed by atoms with van der Waals surface area (Å²) in [6.07, 6.45) is 10.3. The number of H-pyrrole nitrogens is 1. The average molecular weight is 352 g/mol. The van der Waals surface area contributed by atoms with Crippen LogP contribution in [0.25, 0.3) is 22.4 Å². The van der Waals surface area contributed by atoms with E-state index in [2.05, 4.69) is 19.7 Å². The van der Waals surface area contributed by atoms with Crippen molar-refractivity contribution >= 4 is 26.7 Å². The number of anilines is 1. The summed E-state index contributed by atoms with van der Waals surface area (Å²) in [7, 11) is -3.57. The number of allylic oxidation sites excluding steroid dienone is 3. The molecule has 2 N–H and O–H groups in total. The lowest BCUT2D eigenvalue weighted by Gasteiger charge is -2.10. The topological polar surface area (TPSA) is 87.7 Å². The molecule has 7 heteroatoms. The molecule has 4 rings (SSSR count). The molecule has 0 unspecified atom stereocenters. The highest BCUT2D eigenvalue weighted by Gasteiger charge is 2.17. The number of rotatable bonds is 4. The summed E-state index contributed by atoms with van der Waals surface area (Å²) >= 11 is 0. The number of nitrogens with zero attached hydrogens (tertiary/aromatic N) is 2. The summed E-state index contributed by atoms with van der Waals surface area (Å²) in [4.78, 5) is 12.1. The molecule has 2 aromatic heterocycles. The SMILES string of the molecule is O=S(=O)(Nc1ccc2nc(-c3cccnc3)[nH]c2c1)C1=CCCC=C1. The quantitative estimate of drug-likeness (QED) is 0.751. The number of hydrogen-bond acceptors (Lipinski definition) is 4. The van der Waals surface area contributed by atoms with Crippen molar-refractivity contribution in [1.29, 1.82) is 0 Å². The maximum Gasteiger partial charge on any atom is 0.261 e. The van der Waals surface area contributed by atoms with Gasteiger partial charge in [-0.15, -0.1) is 0 Å². The Balaban J connectivity index is 1.65. The van der Waals surface area contributed by atoms with E-state index in [1.165, 1.54) is 0 Å². The second-order valence-electron chi connectivity index (χ2n) is 5.75. The molecular weight excluding hydrogens is 336 g/mol. The molecular formula is C18H16N4O2S. The predicted octanol–water partition coefficient (Wildman–Crippen LogP) is 3.60. The van der Waals surface area contributed by atoms with Crippen LogP contribution in [0.2, 0.25) is 0 Å². The van der Waals surface area contributed by atoms with Crippen LogP contribution < -0.4 is 4.72 Å². The number of fused-ring (bicyclic) bond motifs is 1. The summed E-state index contributed by atoms with van der Waals surface area (Å²) in [5.74, 6) is 0.695. The first kappa shape index (κ1) is 15.6. The molecule has 2 heterocycles. The molecule has 0 fully saturated rings. The molecule has 25 heavy (non-hydrogen) atoms. The van der Waals surface area contributed by atoms with E-state index in [1.54, 1.807) is 42.7 Å². The lowest BCUT2D eigenvalue weighted by atomic mass is 10.2. The molecule has 0 bridgehead atoms. The van der Waals surface area contributed by atoms with E-state index in [-0.39, 0.29) is 0 Å². The van der Waals surface area contributed by atoms with E-state index < -0.39 is 10.0 Å². The first-order valence-corrected chi connectivity index (χ1v) is 9.40. The molecule has 126 valence electrons. The third-order valence-corrected chi connectivity index (χ3v) is 5.37. The number of nitrogens with one attached hydrogen (secondary N) is 2. The largest absolute Gasteiger partial charge is 0.338 e. The first-order valence-electron chi connectivity index (χ1n) is 7.91. The van der Waals surface area contributed by atoms with Gasteiger partial charge in [0.15, 0.2) is 0 Å². The first-order chi connectivity index (χ1) is 12.1. The van der Waals surface area contributed by atoms with E-state index in [0.29, 0.717) is 16.4 Å². The van der Waals surface area contributed by atoms with Gasteiger partial charge in [0.25, 0.3) is 10.0 Å². The molecule has 0 atom stereocenters. The second kappa shape index (κ2) is 6.18. The van der Waals surface area contributed by atoms with Gasteiger partial charge in [-0.25, -0.2) is 13.4 Å². The van der Waals surface area contributed by atoms with Gasteiger partial charge >= 0.3 is 0 Å². The number of imidazole rings is 1. The third-order valence-electron chi connectivity index (χ3n) is 3.94. The number of pyridine rings is 1. The molecule has 1 aromatic carbocycles. The van der Waals surface area contributed by atoms with Crippen LogP contribution in [0.3, 0.4) is 0 Å². The van der Waals surface area contributed by atoms with Gasteiger partial charge in [-0.2, -0.15) is 0 Å². The van der Waals surface area contributed by atoms with Crippen LogP contribution in [0, 0.1) is 0 Å². The Bertz CT molecular complexity index is 1080. The molecule has 0 saturated carbocycles. The highest BCUT2D eigenvalue weighted by atomic mass is 32.2. The molecule has 1 aliphatic carbocycles. The molecule has 0 spiro atoms. The van der Waals surface area contributed by atoms with Gasteiger partial charge in [-0.1, -0.05) is 12.2 Å². The molecule has 0 amide bonds. The summed E-state index contributed by atoms with van der Waals surface area (Å²) in [6, 6.07) is 8.99. The van der Waals surface area contributed by atoms with Gasteiger partial charge in [0, 0.05) is 18.0 Å². The molecule has 0 saturated heterocycles. The highest BCUT2D eigenvalue weighted by Crippen LogP contribution is 2.24. The van der Waals surface area contributed by atoms with Crippen molar-refractivity contribution in [2.75, 3.05) is 4.72 Å². The van der Waals surface area contributed by atoms with Gasteiger partial charge in [-0.3, -0.25) is 9.71 Å². The van der Waals surface area contributed by atoms with Crippen molar-refractivity contribution in [3.63, 3.8) is 0 Å². The third kappa shape index (κ3) is 3.18. The fourth-order valence-electron chi connectivity index (χ4n) is 2.72. The Hall–Kier alpha value is -2.93. The molecule has 1 aliphatic rings. The van der Waals surface area contributed by atoms with Crippen molar-refractivity contribution in [2.24, 2.45) is 0 Å². The smallest absolute Gasteiger partial charge is 0.261 e. The number of sulfonamides is 1. The van der Waals surface area contributed by atoms with Crippen LogP contribution in [0.1, 0.15) is 12.8 Å². The predicted molar refractivity (Wildman–Crippen MR) is 98.3 cm³/mol. The fourth-order valence-corrected chi connectivity index (χ4v) is 3.88. The normalized spacial score (nSPS) is 14.5. The summed E-state index contributed by atoms with van der Waals surface area (Å²) in [5, 5.41) is 0. The maximum atomic E-state index is 12.5. The minimum atomic E-state index is -3.57. The van der Waals surface area contributed by atoms with E-state index in [4.69, 9.17) is 0 Å². The van der Waals surface area contributed by atoms with E-state index >= 15 is 0 Å². The number of hydrogen-bond donors (Lipinski definition) is 2. The Morgan fingerprint density at radius 3 is 2.84 bits per heavy atom. The van der Waals surface area contributed by atoms with Crippen molar-refractivity contribution < 1.29 is 8.42 Å². The standard InChI is InChI=1S/C18H16N4O2S/c23-25(24,15-6-2-1-3-7-15)22-14-8-9-16-17(11-14)21-18(20-16)13-5-4-10-19-12-13/h2,4-12,22H,1,3H2,(H,20,21). The van der Waals surface area contributed by atoms with Crippen LogP contribution in [0.4, 0.5) is 5.69 Å². The van der Waals surface area contributed by atoms with Crippen molar-refractivity contribution in [1.82, 2.24) is 15.0 Å². The molecule has 3 aromatic rings. The highest BCUT2D eigenvalue weighted by molar-refractivity contribution is 7.96. The van der Waals surface area contributed by atoms with Gasteiger partial charge in [-0.05, 0) is 49.2 Å². The van der Waals surface area contributed by atoms with Crippen LogP contribution in [0.5, 0.6) is 0 Å². The van der Waals surface area contributed by atoms with Crippen molar-refractivity contribution in [2.45, 2.75) is 12.8 Å². The minimum absolute atomic E-state index is 0.305. The van der Waals surface area contributed by atoms with Crippen LogP contribution in [-0.2, 0) is 10.0 Å². The Morgan fingerprint density at radius 2 is 2.08 bits per heavy atom. The molecule has 0 radical (unpaired) electrons. The lowest BCUT2D eigenvalue weighted by molar-refractivity contribution is 0.607. The summed E-state index contributed by atoms with van der Waals surface area (Å²) in [5.41, 5.74) is 2.89. The second-order valence-corrected chi connectivity index (χ2v) is 7.43. The van der Waals surface area contributed by atoms with Crippen molar-refractivity contribution in [3.8, 4) is 11.4 Å². The lowest BCUT2D eigenvalue weighted by Crippen LogP contribution is -2.14.